The molecule has 0 aliphatic rings. The average Bonchev–Trinajstić information content (AvgIpc) is 2.86. The van der Waals surface area contributed by atoms with Gasteiger partial charge in [-0.3, -0.25) is 4.79 Å². The van der Waals surface area contributed by atoms with Gasteiger partial charge in [-0.15, -0.1) is 5.06 Å². The van der Waals surface area contributed by atoms with E-state index in [2.05, 4.69) is 33.2 Å². The second-order valence-electron chi connectivity index (χ2n) is 9.41. The van der Waals surface area contributed by atoms with Gasteiger partial charge < -0.3 is 29.7 Å². The molecule has 12 heteroatoms. The second-order valence-corrected chi connectivity index (χ2v) is 10.6. The van der Waals surface area contributed by atoms with Gasteiger partial charge in [0.2, 0.25) is 5.91 Å². The van der Waals surface area contributed by atoms with Crippen molar-refractivity contribution in [3.8, 4) is 5.75 Å². The fourth-order valence-corrected chi connectivity index (χ4v) is 3.99. The van der Waals surface area contributed by atoms with Crippen LogP contribution < -0.4 is 15.4 Å². The summed E-state index contributed by atoms with van der Waals surface area (Å²) in [6.45, 7) is 7.22. The summed E-state index contributed by atoms with van der Waals surface area (Å²) in [7, 11) is 2.67. The lowest BCUT2D eigenvalue weighted by Crippen LogP contribution is -2.46. The van der Waals surface area contributed by atoms with Crippen molar-refractivity contribution >= 4 is 46.5 Å². The van der Waals surface area contributed by atoms with Gasteiger partial charge in [-0.05, 0) is 80.1 Å². The van der Waals surface area contributed by atoms with E-state index < -0.39 is 41.6 Å². The number of ether oxygens (including phenoxy) is 3. The number of benzene rings is 2. The van der Waals surface area contributed by atoms with E-state index in [9.17, 15) is 19.2 Å². The molecule has 0 bridgehead atoms. The minimum atomic E-state index is -1.10. The molecular weight excluding hydrogens is 621 g/mol. The molecule has 0 aliphatic carbocycles. The summed E-state index contributed by atoms with van der Waals surface area (Å²) in [4.78, 5) is 55.1. The Kier molecular flexibility index (Phi) is 12.0. The van der Waals surface area contributed by atoms with Crippen molar-refractivity contribution < 1.29 is 38.2 Å². The highest BCUT2D eigenvalue weighted by Gasteiger charge is 2.31. The number of likely N-dealkylation sites (N-methyl/N-ethyl adjacent to an activating group) is 1. The predicted octanol–water partition coefficient (Wildman–Crippen LogP) is 3.62. The summed E-state index contributed by atoms with van der Waals surface area (Å²) in [5.41, 5.74) is 0.192. The highest BCUT2D eigenvalue weighted by atomic mass is 127. The lowest BCUT2D eigenvalue weighted by molar-refractivity contribution is -0.155. The van der Waals surface area contributed by atoms with E-state index in [0.29, 0.717) is 20.4 Å². The highest BCUT2D eigenvalue weighted by molar-refractivity contribution is 14.1. The van der Waals surface area contributed by atoms with Crippen molar-refractivity contribution in [3.63, 3.8) is 0 Å². The van der Waals surface area contributed by atoms with E-state index >= 15 is 0 Å². The van der Waals surface area contributed by atoms with Crippen molar-refractivity contribution in [1.29, 1.82) is 0 Å². The Bertz CT molecular complexity index is 1150. The molecule has 0 saturated heterocycles. The summed E-state index contributed by atoms with van der Waals surface area (Å²) in [5, 5.41) is 6.34. The van der Waals surface area contributed by atoms with Crippen LogP contribution in [0.25, 0.3) is 0 Å². The zero-order valence-corrected chi connectivity index (χ0v) is 24.9. The van der Waals surface area contributed by atoms with E-state index in [1.807, 2.05) is 0 Å². The highest BCUT2D eigenvalue weighted by Crippen LogP contribution is 2.28. The van der Waals surface area contributed by atoms with Gasteiger partial charge in [0.05, 0.1) is 22.8 Å². The zero-order chi connectivity index (χ0) is 29.2. The van der Waals surface area contributed by atoms with Crippen LogP contribution in [-0.4, -0.2) is 68.0 Å². The maximum Gasteiger partial charge on any atom is 0.407 e. The Labute approximate surface area is 241 Å². The lowest BCUT2D eigenvalue weighted by atomic mass is 10.1. The monoisotopic (exact) mass is 655 g/mol. The summed E-state index contributed by atoms with van der Waals surface area (Å²) < 4.78 is 16.3. The van der Waals surface area contributed by atoms with E-state index in [1.165, 1.54) is 21.1 Å². The topological polar surface area (TPSA) is 132 Å². The van der Waals surface area contributed by atoms with Crippen molar-refractivity contribution in [2.45, 2.75) is 45.4 Å². The molecule has 2 aromatic carbocycles. The van der Waals surface area contributed by atoms with Gasteiger partial charge in [0.15, 0.2) is 0 Å². The minimum absolute atomic E-state index is 0.184. The lowest BCUT2D eigenvalue weighted by Gasteiger charge is -2.27. The molecule has 0 aromatic heterocycles. The van der Waals surface area contributed by atoms with Crippen LogP contribution in [0.5, 0.6) is 5.75 Å². The molecule has 2 rings (SSSR count). The number of amides is 2. The largest absolute Gasteiger partial charge is 0.491 e. The molecule has 2 atom stereocenters. The minimum Gasteiger partial charge on any atom is -0.491 e. The first-order valence-corrected chi connectivity index (χ1v) is 13.2. The van der Waals surface area contributed by atoms with Gasteiger partial charge in [-0.2, -0.15) is 0 Å². The summed E-state index contributed by atoms with van der Waals surface area (Å²) in [5.74, 6) is -1.33. The second kappa shape index (κ2) is 14.7. The van der Waals surface area contributed by atoms with Crippen LogP contribution >= 0.6 is 22.6 Å². The fourth-order valence-electron chi connectivity index (χ4n) is 3.30. The molecule has 2 amide bonds. The number of methoxy groups -OCH3 is 1. The van der Waals surface area contributed by atoms with Crippen LogP contribution in [0.15, 0.2) is 48.5 Å². The van der Waals surface area contributed by atoms with Gasteiger partial charge in [0.1, 0.15) is 30.0 Å². The number of rotatable bonds is 11. The van der Waals surface area contributed by atoms with Gasteiger partial charge in [-0.1, -0.05) is 24.3 Å². The predicted molar refractivity (Wildman–Crippen MR) is 151 cm³/mol. The van der Waals surface area contributed by atoms with Crippen LogP contribution in [0.2, 0.25) is 0 Å². The molecule has 39 heavy (non-hydrogen) atoms. The van der Waals surface area contributed by atoms with Crippen molar-refractivity contribution in [2.24, 2.45) is 0 Å². The number of carbonyl (C=O) groups is 4. The van der Waals surface area contributed by atoms with Crippen molar-refractivity contribution in [3.05, 3.63) is 63.2 Å². The third-order valence-electron chi connectivity index (χ3n) is 5.06. The number of esters is 1. The Balaban J connectivity index is 2.17. The van der Waals surface area contributed by atoms with Gasteiger partial charge in [0, 0.05) is 7.05 Å². The number of hydrogen-bond donors (Lipinski definition) is 2. The number of nitrogens with one attached hydrogen (secondary N) is 2. The normalized spacial score (nSPS) is 12.6. The number of carbonyl (C=O) groups excluding carboxylic acids is 4. The standard InChI is InChI=1S/C27H34IN3O8/c1-17(24(33)36-6)30-23(32)22(31(5)39-25(34)18-10-8-7-9-11-18)19-12-13-21(20(28)16-19)37-15-14-29-26(35)38-27(2,3)4/h7-13,16-17,22H,14-15H2,1-6H3,(H,29,35)(H,30,32)/t17-,22-/m0/s1. The fraction of sp³-hybridized carbons (Fsp3) is 0.407. The molecule has 2 N–H and O–H groups in total. The number of halogens is 1. The van der Waals surface area contributed by atoms with Crippen molar-refractivity contribution in [2.75, 3.05) is 27.3 Å². The van der Waals surface area contributed by atoms with Gasteiger partial charge in [0.25, 0.3) is 0 Å². The molecule has 0 fully saturated rings. The molecule has 0 aliphatic heterocycles. The Hall–Kier alpha value is -3.39. The van der Waals surface area contributed by atoms with E-state index in [1.54, 1.807) is 69.3 Å². The van der Waals surface area contributed by atoms with Crippen LogP contribution in [0, 0.1) is 3.57 Å². The molecule has 0 unspecified atom stereocenters. The average molecular weight is 655 g/mol. The Morgan fingerprint density at radius 2 is 1.72 bits per heavy atom. The van der Waals surface area contributed by atoms with E-state index in [-0.39, 0.29) is 13.2 Å². The van der Waals surface area contributed by atoms with Crippen molar-refractivity contribution in [1.82, 2.24) is 15.7 Å². The zero-order valence-electron chi connectivity index (χ0n) is 22.8. The maximum absolute atomic E-state index is 13.3. The molecule has 0 radical (unpaired) electrons. The molecule has 0 spiro atoms. The number of alkyl carbamates (subject to hydrolysis) is 1. The molecule has 2 aromatic rings. The van der Waals surface area contributed by atoms with Crippen LogP contribution in [-0.2, 0) is 23.9 Å². The number of nitrogens with zero attached hydrogens (tertiary/aromatic N) is 1. The maximum atomic E-state index is 13.3. The summed E-state index contributed by atoms with van der Waals surface area (Å²) in [6.07, 6.45) is -0.542. The molecule has 0 heterocycles. The SMILES string of the molecule is COC(=O)[C@H](C)NC(=O)[C@H](c1ccc(OCCNC(=O)OC(C)(C)C)c(I)c1)N(C)OC(=O)c1ccccc1. The smallest absolute Gasteiger partial charge is 0.407 e. The third-order valence-corrected chi connectivity index (χ3v) is 5.90. The number of hydrogen-bond acceptors (Lipinski definition) is 9. The molecular formula is C27H34IN3O8. The molecule has 0 saturated carbocycles. The Morgan fingerprint density at radius 3 is 2.31 bits per heavy atom. The first-order chi connectivity index (χ1) is 18.3. The number of hydroxylamine groups is 2. The summed E-state index contributed by atoms with van der Waals surface area (Å²) in [6, 6.07) is 11.4. The first-order valence-electron chi connectivity index (χ1n) is 12.1. The van der Waals surface area contributed by atoms with Gasteiger partial charge in [-0.25, -0.2) is 14.4 Å². The van der Waals surface area contributed by atoms with Crippen LogP contribution in [0.3, 0.4) is 0 Å². The van der Waals surface area contributed by atoms with E-state index in [4.69, 9.17) is 19.0 Å². The first kappa shape index (κ1) is 31.8. The molecule has 11 nitrogen and oxygen atoms in total. The van der Waals surface area contributed by atoms with Gasteiger partial charge >= 0.3 is 18.0 Å². The third kappa shape index (κ3) is 10.4. The summed E-state index contributed by atoms with van der Waals surface area (Å²) >= 11 is 2.06. The Morgan fingerprint density at radius 1 is 1.05 bits per heavy atom. The van der Waals surface area contributed by atoms with E-state index in [0.717, 1.165) is 5.06 Å². The quantitative estimate of drug-likeness (QED) is 0.161. The van der Waals surface area contributed by atoms with Crippen LogP contribution in [0.1, 0.15) is 49.7 Å². The molecule has 212 valence electrons. The van der Waals surface area contributed by atoms with Crippen LogP contribution in [0.4, 0.5) is 4.79 Å².